The van der Waals surface area contributed by atoms with Crippen LogP contribution >= 0.6 is 0 Å². The number of unbranched alkanes of at least 4 members (excludes halogenated alkanes) is 9. The zero-order chi connectivity index (χ0) is 16.6. The summed E-state index contributed by atoms with van der Waals surface area (Å²) < 4.78 is 0. The summed E-state index contributed by atoms with van der Waals surface area (Å²) >= 11 is 0. The van der Waals surface area contributed by atoms with E-state index in [9.17, 15) is 0 Å². The molecule has 0 aliphatic heterocycles. The van der Waals surface area contributed by atoms with Crippen LogP contribution < -0.4 is 0 Å². The molecule has 0 heteroatoms. The fraction of sp³-hybridized carbons (Fsp3) is 1.00. The molecule has 0 saturated heterocycles. The van der Waals surface area contributed by atoms with Crippen molar-refractivity contribution in [3.05, 3.63) is 0 Å². The quantitative estimate of drug-likeness (QED) is 0.251. The van der Waals surface area contributed by atoms with Crippen LogP contribution in [0.1, 0.15) is 125 Å². The van der Waals surface area contributed by atoms with Gasteiger partial charge < -0.3 is 0 Å². The first kappa shape index (κ1) is 22.0. The molecule has 0 amide bonds. The van der Waals surface area contributed by atoms with E-state index in [0.717, 1.165) is 17.8 Å². The summed E-state index contributed by atoms with van der Waals surface area (Å²) in [5.41, 5.74) is 0. The summed E-state index contributed by atoms with van der Waals surface area (Å²) in [4.78, 5) is 0. The van der Waals surface area contributed by atoms with E-state index >= 15 is 0 Å². The molecular formula is C22H46. The van der Waals surface area contributed by atoms with Gasteiger partial charge in [-0.05, 0) is 24.2 Å². The first-order valence-corrected chi connectivity index (χ1v) is 10.6. The van der Waals surface area contributed by atoms with Crippen molar-refractivity contribution in [2.75, 3.05) is 0 Å². The van der Waals surface area contributed by atoms with Crippen LogP contribution in [0.3, 0.4) is 0 Å². The lowest BCUT2D eigenvalue weighted by Gasteiger charge is -2.23. The largest absolute Gasteiger partial charge is 0.0654 e. The summed E-state index contributed by atoms with van der Waals surface area (Å²) in [6, 6.07) is 0. The van der Waals surface area contributed by atoms with E-state index in [1.807, 2.05) is 0 Å². The topological polar surface area (TPSA) is 0 Å². The number of hydrogen-bond acceptors (Lipinski definition) is 0. The van der Waals surface area contributed by atoms with E-state index in [2.05, 4.69) is 34.6 Å². The third kappa shape index (κ3) is 13.6. The Morgan fingerprint density at radius 1 is 0.545 bits per heavy atom. The zero-order valence-corrected chi connectivity index (χ0v) is 16.6. The van der Waals surface area contributed by atoms with Gasteiger partial charge in [-0.3, -0.25) is 0 Å². The first-order chi connectivity index (χ1) is 10.6. The molecule has 0 aromatic carbocycles. The Balaban J connectivity index is 3.85. The molecule has 0 heterocycles. The maximum atomic E-state index is 2.47. The Morgan fingerprint density at radius 3 is 1.41 bits per heavy atom. The van der Waals surface area contributed by atoms with Crippen LogP contribution in [0, 0.1) is 17.8 Å². The molecule has 0 rings (SSSR count). The Kier molecular flexibility index (Phi) is 15.9. The highest BCUT2D eigenvalue weighted by Gasteiger charge is 2.15. The van der Waals surface area contributed by atoms with Crippen molar-refractivity contribution in [3.8, 4) is 0 Å². The van der Waals surface area contributed by atoms with Gasteiger partial charge in [0.2, 0.25) is 0 Å². The summed E-state index contributed by atoms with van der Waals surface area (Å²) in [5, 5.41) is 0. The molecule has 0 bridgehead atoms. The molecular weight excluding hydrogens is 264 g/mol. The van der Waals surface area contributed by atoms with Gasteiger partial charge in [0.25, 0.3) is 0 Å². The van der Waals surface area contributed by atoms with E-state index in [1.165, 1.54) is 89.9 Å². The average Bonchev–Trinajstić information content (AvgIpc) is 2.50. The van der Waals surface area contributed by atoms with Crippen molar-refractivity contribution in [2.24, 2.45) is 17.8 Å². The maximum absolute atomic E-state index is 2.47. The first-order valence-electron chi connectivity index (χ1n) is 10.6. The van der Waals surface area contributed by atoms with E-state index in [1.54, 1.807) is 0 Å². The Bertz CT molecular complexity index is 206. The minimum atomic E-state index is 0.854. The molecule has 22 heavy (non-hydrogen) atoms. The molecule has 0 nitrogen and oxygen atoms in total. The van der Waals surface area contributed by atoms with Crippen LogP contribution in [-0.2, 0) is 0 Å². The SMILES string of the molecule is CCCCCCCCCC(CCCCCC)CC(C)C(C)C. The van der Waals surface area contributed by atoms with Crippen LogP contribution in [0.4, 0.5) is 0 Å². The van der Waals surface area contributed by atoms with Crippen molar-refractivity contribution >= 4 is 0 Å². The number of rotatable bonds is 16. The van der Waals surface area contributed by atoms with E-state index in [-0.39, 0.29) is 0 Å². The second-order valence-electron chi connectivity index (χ2n) is 8.08. The van der Waals surface area contributed by atoms with Gasteiger partial charge >= 0.3 is 0 Å². The molecule has 2 unspecified atom stereocenters. The van der Waals surface area contributed by atoms with Crippen LogP contribution in [0.25, 0.3) is 0 Å². The fourth-order valence-corrected chi connectivity index (χ4v) is 3.43. The van der Waals surface area contributed by atoms with E-state index in [4.69, 9.17) is 0 Å². The summed E-state index contributed by atoms with van der Waals surface area (Å²) in [6.45, 7) is 11.9. The summed E-state index contributed by atoms with van der Waals surface area (Å²) in [6.07, 6.45) is 20.4. The molecule has 0 radical (unpaired) electrons. The third-order valence-electron chi connectivity index (χ3n) is 5.53. The highest BCUT2D eigenvalue weighted by molar-refractivity contribution is 4.67. The van der Waals surface area contributed by atoms with Gasteiger partial charge in [-0.1, -0.05) is 118 Å². The molecule has 0 aliphatic carbocycles. The van der Waals surface area contributed by atoms with Crippen LogP contribution in [0.15, 0.2) is 0 Å². The van der Waals surface area contributed by atoms with E-state index < -0.39 is 0 Å². The molecule has 0 fully saturated rings. The zero-order valence-electron chi connectivity index (χ0n) is 16.6. The molecule has 0 spiro atoms. The molecule has 134 valence electrons. The van der Waals surface area contributed by atoms with Crippen molar-refractivity contribution in [2.45, 2.75) is 125 Å². The highest BCUT2D eigenvalue weighted by Crippen LogP contribution is 2.28. The van der Waals surface area contributed by atoms with Gasteiger partial charge in [0.05, 0.1) is 0 Å². The van der Waals surface area contributed by atoms with Crippen molar-refractivity contribution < 1.29 is 0 Å². The standard InChI is InChI=1S/C22H46/c1-6-8-10-12-13-14-16-18-22(17-15-11-9-7-2)19-21(5)20(3)4/h20-22H,6-19H2,1-5H3. The Hall–Kier alpha value is 0. The van der Waals surface area contributed by atoms with Gasteiger partial charge in [0, 0.05) is 0 Å². The predicted molar refractivity (Wildman–Crippen MR) is 103 cm³/mol. The number of hydrogen-bond donors (Lipinski definition) is 0. The second kappa shape index (κ2) is 15.9. The van der Waals surface area contributed by atoms with Crippen LogP contribution in [0.5, 0.6) is 0 Å². The second-order valence-corrected chi connectivity index (χ2v) is 8.08. The fourth-order valence-electron chi connectivity index (χ4n) is 3.43. The molecule has 0 saturated carbocycles. The lowest BCUT2D eigenvalue weighted by molar-refractivity contribution is 0.283. The van der Waals surface area contributed by atoms with Crippen LogP contribution in [0.2, 0.25) is 0 Å². The van der Waals surface area contributed by atoms with E-state index in [0.29, 0.717) is 0 Å². The lowest BCUT2D eigenvalue weighted by Crippen LogP contribution is -2.11. The van der Waals surface area contributed by atoms with Gasteiger partial charge in [-0.15, -0.1) is 0 Å². The highest BCUT2D eigenvalue weighted by atomic mass is 14.2. The lowest BCUT2D eigenvalue weighted by atomic mass is 9.83. The smallest absolute Gasteiger partial charge is 0.0412 e. The van der Waals surface area contributed by atoms with Crippen molar-refractivity contribution in [1.29, 1.82) is 0 Å². The normalized spacial score (nSPS) is 14.5. The molecule has 0 aromatic heterocycles. The average molecular weight is 311 g/mol. The minimum absolute atomic E-state index is 0.854. The van der Waals surface area contributed by atoms with Crippen molar-refractivity contribution in [1.82, 2.24) is 0 Å². The summed E-state index contributed by atoms with van der Waals surface area (Å²) in [5.74, 6) is 2.76. The molecule has 0 aromatic rings. The van der Waals surface area contributed by atoms with Gasteiger partial charge in [0.15, 0.2) is 0 Å². The summed E-state index contributed by atoms with van der Waals surface area (Å²) in [7, 11) is 0. The van der Waals surface area contributed by atoms with Gasteiger partial charge in [-0.2, -0.15) is 0 Å². The third-order valence-corrected chi connectivity index (χ3v) is 5.53. The maximum Gasteiger partial charge on any atom is -0.0412 e. The van der Waals surface area contributed by atoms with Crippen molar-refractivity contribution in [3.63, 3.8) is 0 Å². The minimum Gasteiger partial charge on any atom is -0.0654 e. The van der Waals surface area contributed by atoms with Crippen LogP contribution in [-0.4, -0.2) is 0 Å². The molecule has 2 atom stereocenters. The van der Waals surface area contributed by atoms with Gasteiger partial charge in [-0.25, -0.2) is 0 Å². The van der Waals surface area contributed by atoms with Gasteiger partial charge in [0.1, 0.15) is 0 Å². The Morgan fingerprint density at radius 2 is 0.955 bits per heavy atom. The predicted octanol–water partition coefficient (Wildman–Crippen LogP) is 8.40. The Labute approximate surface area is 142 Å². The molecule has 0 N–H and O–H groups in total. The molecule has 0 aliphatic rings. The monoisotopic (exact) mass is 310 g/mol.